The van der Waals surface area contributed by atoms with Gasteiger partial charge in [-0.3, -0.25) is 0 Å². The molecule has 0 spiro atoms. The lowest BCUT2D eigenvalue weighted by atomic mass is 9.96. The van der Waals surface area contributed by atoms with Crippen LogP contribution in [0.5, 0.6) is 5.88 Å². The van der Waals surface area contributed by atoms with Crippen LogP contribution in [-0.2, 0) is 0 Å². The van der Waals surface area contributed by atoms with Crippen molar-refractivity contribution in [2.24, 2.45) is 0 Å². The van der Waals surface area contributed by atoms with Crippen molar-refractivity contribution >= 4 is 34.6 Å². The summed E-state index contributed by atoms with van der Waals surface area (Å²) in [7, 11) is 1.62. The van der Waals surface area contributed by atoms with Gasteiger partial charge in [-0.25, -0.2) is 9.97 Å². The number of pyridine rings is 1. The Hall–Kier alpha value is -3.83. The van der Waals surface area contributed by atoms with Gasteiger partial charge in [0.1, 0.15) is 11.9 Å². The van der Waals surface area contributed by atoms with E-state index in [4.69, 9.17) is 9.72 Å². The Kier molecular flexibility index (Phi) is 7.19. The maximum absolute atomic E-state index is 9.31. The predicted molar refractivity (Wildman–Crippen MR) is 145 cm³/mol. The number of fused-ring (bicyclic) bond motifs is 1. The van der Waals surface area contributed by atoms with Crippen LogP contribution in [0.2, 0.25) is 0 Å². The van der Waals surface area contributed by atoms with E-state index in [0.717, 1.165) is 32.5 Å². The summed E-state index contributed by atoms with van der Waals surface area (Å²) in [5, 5.41) is 13.8. The molecule has 1 saturated carbocycles. The van der Waals surface area contributed by atoms with Crippen LogP contribution in [0.3, 0.4) is 0 Å². The molecular weight excluding hydrogens is 468 g/mol. The van der Waals surface area contributed by atoms with E-state index >= 15 is 0 Å². The standard InChI is InChI=1S/C28H28N6OS/c1-18-14-24-20(17-30-28(32-24)31-21-9-4-3-5-10-21)15-23(18)22-12-13-26(33-27(22)35-2)34-36-25-11-7-6-8-19(25)16-29/h6-8,11-15,17,21H,3-5,9-10H2,1-2H3,(H,33,34)(H,30,31,32). The summed E-state index contributed by atoms with van der Waals surface area (Å²) in [4.78, 5) is 14.9. The Balaban J connectivity index is 1.38. The number of benzene rings is 2. The number of anilines is 2. The molecule has 4 aromatic rings. The highest BCUT2D eigenvalue weighted by atomic mass is 32.2. The van der Waals surface area contributed by atoms with Gasteiger partial charge in [-0.2, -0.15) is 10.2 Å². The second-order valence-corrected chi connectivity index (χ2v) is 9.81. The molecule has 0 amide bonds. The molecule has 1 aliphatic carbocycles. The first-order valence-corrected chi connectivity index (χ1v) is 13.0. The number of aryl methyl sites for hydroxylation is 1. The highest BCUT2D eigenvalue weighted by Crippen LogP contribution is 2.35. The zero-order valence-electron chi connectivity index (χ0n) is 20.4. The van der Waals surface area contributed by atoms with Crippen molar-refractivity contribution in [1.82, 2.24) is 15.0 Å². The summed E-state index contributed by atoms with van der Waals surface area (Å²) in [6, 6.07) is 18.2. The Bertz CT molecular complexity index is 1430. The van der Waals surface area contributed by atoms with Gasteiger partial charge in [0.25, 0.3) is 0 Å². The van der Waals surface area contributed by atoms with E-state index in [1.165, 1.54) is 44.1 Å². The smallest absolute Gasteiger partial charge is 0.223 e. The van der Waals surface area contributed by atoms with Crippen molar-refractivity contribution in [3.05, 3.63) is 65.9 Å². The van der Waals surface area contributed by atoms with Gasteiger partial charge in [0.2, 0.25) is 11.8 Å². The lowest BCUT2D eigenvalue weighted by molar-refractivity contribution is 0.400. The third kappa shape index (κ3) is 5.21. The highest BCUT2D eigenvalue weighted by Gasteiger charge is 2.16. The highest BCUT2D eigenvalue weighted by molar-refractivity contribution is 8.00. The number of hydrogen-bond acceptors (Lipinski definition) is 8. The largest absolute Gasteiger partial charge is 0.480 e. The summed E-state index contributed by atoms with van der Waals surface area (Å²) in [6.07, 6.45) is 8.10. The monoisotopic (exact) mass is 496 g/mol. The van der Waals surface area contributed by atoms with Gasteiger partial charge in [-0.1, -0.05) is 31.4 Å². The van der Waals surface area contributed by atoms with Crippen LogP contribution >= 0.6 is 11.9 Å². The van der Waals surface area contributed by atoms with E-state index in [2.05, 4.69) is 45.1 Å². The lowest BCUT2D eigenvalue weighted by Crippen LogP contribution is -2.23. The van der Waals surface area contributed by atoms with E-state index < -0.39 is 0 Å². The minimum atomic E-state index is 0.463. The summed E-state index contributed by atoms with van der Waals surface area (Å²) in [5.41, 5.74) is 4.54. The van der Waals surface area contributed by atoms with Crippen molar-refractivity contribution in [3.8, 4) is 23.1 Å². The molecule has 7 nitrogen and oxygen atoms in total. The molecule has 8 heteroatoms. The summed E-state index contributed by atoms with van der Waals surface area (Å²) >= 11 is 1.35. The molecule has 0 radical (unpaired) electrons. The fourth-order valence-electron chi connectivity index (χ4n) is 4.59. The molecule has 0 atom stereocenters. The molecular formula is C28H28N6OS. The molecule has 1 fully saturated rings. The third-order valence-electron chi connectivity index (χ3n) is 6.48. The Morgan fingerprint density at radius 2 is 1.86 bits per heavy atom. The maximum Gasteiger partial charge on any atom is 0.223 e. The van der Waals surface area contributed by atoms with Crippen molar-refractivity contribution in [2.75, 3.05) is 17.1 Å². The summed E-state index contributed by atoms with van der Waals surface area (Å²) in [6.45, 7) is 2.07. The number of nitriles is 1. The van der Waals surface area contributed by atoms with E-state index in [-0.39, 0.29) is 0 Å². The van der Waals surface area contributed by atoms with Crippen molar-refractivity contribution in [1.29, 1.82) is 5.26 Å². The fourth-order valence-corrected chi connectivity index (χ4v) is 5.28. The van der Waals surface area contributed by atoms with E-state index in [0.29, 0.717) is 29.3 Å². The molecule has 5 rings (SSSR count). The summed E-state index contributed by atoms with van der Waals surface area (Å²) in [5.74, 6) is 1.87. The molecule has 0 saturated heterocycles. The molecule has 1 aliphatic rings. The Morgan fingerprint density at radius 1 is 1.03 bits per heavy atom. The van der Waals surface area contributed by atoms with Crippen LogP contribution in [0.15, 0.2) is 59.6 Å². The maximum atomic E-state index is 9.31. The van der Waals surface area contributed by atoms with Crippen LogP contribution in [0, 0.1) is 18.3 Å². The van der Waals surface area contributed by atoms with Crippen LogP contribution in [0.1, 0.15) is 43.2 Å². The van der Waals surface area contributed by atoms with E-state index in [1.807, 2.05) is 36.5 Å². The fraction of sp³-hybridized carbons (Fsp3) is 0.286. The van der Waals surface area contributed by atoms with Gasteiger partial charge in [0.05, 0.1) is 18.2 Å². The van der Waals surface area contributed by atoms with Gasteiger partial charge in [0, 0.05) is 28.1 Å². The minimum absolute atomic E-state index is 0.463. The first kappa shape index (κ1) is 23.9. The zero-order valence-corrected chi connectivity index (χ0v) is 21.2. The number of nitrogens with zero attached hydrogens (tertiary/aromatic N) is 4. The average Bonchev–Trinajstić information content (AvgIpc) is 2.92. The Morgan fingerprint density at radius 3 is 2.67 bits per heavy atom. The molecule has 0 aliphatic heterocycles. The van der Waals surface area contributed by atoms with Gasteiger partial charge in [-0.05, 0) is 79.2 Å². The van der Waals surface area contributed by atoms with Crippen LogP contribution in [-0.4, -0.2) is 28.1 Å². The number of rotatable bonds is 7. The normalized spacial score (nSPS) is 13.8. The van der Waals surface area contributed by atoms with Crippen molar-refractivity contribution < 1.29 is 4.74 Å². The molecule has 182 valence electrons. The van der Waals surface area contributed by atoms with Crippen LogP contribution in [0.4, 0.5) is 11.8 Å². The number of aromatic nitrogens is 3. The third-order valence-corrected chi connectivity index (χ3v) is 7.37. The van der Waals surface area contributed by atoms with Gasteiger partial charge in [0.15, 0.2) is 0 Å². The zero-order chi connectivity index (χ0) is 24.9. The van der Waals surface area contributed by atoms with Crippen LogP contribution in [0.25, 0.3) is 22.0 Å². The number of ether oxygens (including phenoxy) is 1. The van der Waals surface area contributed by atoms with Crippen LogP contribution < -0.4 is 14.8 Å². The van der Waals surface area contributed by atoms with Gasteiger partial charge >= 0.3 is 0 Å². The Labute approximate surface area is 215 Å². The predicted octanol–water partition coefficient (Wildman–Crippen LogP) is 6.74. The molecule has 36 heavy (non-hydrogen) atoms. The second-order valence-electron chi connectivity index (χ2n) is 8.96. The summed E-state index contributed by atoms with van der Waals surface area (Å²) < 4.78 is 8.87. The molecule has 2 aromatic heterocycles. The number of methoxy groups -OCH3 is 1. The minimum Gasteiger partial charge on any atom is -0.480 e. The molecule has 2 aromatic carbocycles. The van der Waals surface area contributed by atoms with Crippen molar-refractivity contribution in [3.63, 3.8) is 0 Å². The van der Waals surface area contributed by atoms with Gasteiger partial charge < -0.3 is 14.8 Å². The number of nitrogens with one attached hydrogen (secondary N) is 2. The SMILES string of the molecule is COc1nc(NSc2ccccc2C#N)ccc1-c1cc2cnc(NC3CCCCC3)nc2cc1C. The lowest BCUT2D eigenvalue weighted by Gasteiger charge is -2.22. The molecule has 2 heterocycles. The molecule has 0 bridgehead atoms. The quantitative estimate of drug-likeness (QED) is 0.271. The van der Waals surface area contributed by atoms with Crippen molar-refractivity contribution in [2.45, 2.75) is 50.0 Å². The molecule has 2 N–H and O–H groups in total. The second kappa shape index (κ2) is 10.8. The van der Waals surface area contributed by atoms with Gasteiger partial charge in [-0.15, -0.1) is 0 Å². The number of hydrogen-bond donors (Lipinski definition) is 2. The average molecular weight is 497 g/mol. The van der Waals surface area contributed by atoms with E-state index in [1.54, 1.807) is 13.2 Å². The molecule has 0 unspecified atom stereocenters. The topological polar surface area (TPSA) is 95.8 Å². The first-order valence-electron chi connectivity index (χ1n) is 12.2. The van der Waals surface area contributed by atoms with E-state index in [9.17, 15) is 5.26 Å². The first-order chi connectivity index (χ1) is 17.6.